The van der Waals surface area contributed by atoms with E-state index in [1.165, 1.54) is 24.5 Å². The van der Waals surface area contributed by atoms with Crippen LogP contribution in [0.5, 0.6) is 5.75 Å². The Hall–Kier alpha value is -2.77. The Labute approximate surface area is 116 Å². The van der Waals surface area contributed by atoms with Crippen molar-refractivity contribution >= 4 is 11.0 Å². The van der Waals surface area contributed by atoms with Crippen molar-refractivity contribution in [3.8, 4) is 17.0 Å². The first kappa shape index (κ1) is 13.2. The smallest absolute Gasteiger partial charge is 0.418 e. The van der Waals surface area contributed by atoms with Crippen molar-refractivity contribution < 1.29 is 18.3 Å². The topological polar surface area (TPSA) is 71.8 Å². The molecule has 0 amide bonds. The van der Waals surface area contributed by atoms with Crippen molar-refractivity contribution in [3.05, 3.63) is 42.4 Å². The predicted molar refractivity (Wildman–Crippen MR) is 67.2 cm³/mol. The van der Waals surface area contributed by atoms with Gasteiger partial charge in [-0.05, 0) is 18.2 Å². The summed E-state index contributed by atoms with van der Waals surface area (Å²) in [5.41, 5.74) is -0.608. The van der Waals surface area contributed by atoms with Gasteiger partial charge in [0.05, 0.1) is 17.5 Å². The van der Waals surface area contributed by atoms with Gasteiger partial charge < -0.3 is 5.11 Å². The summed E-state index contributed by atoms with van der Waals surface area (Å²) in [5.74, 6) is -0.191. The molecule has 0 bridgehead atoms. The van der Waals surface area contributed by atoms with Crippen LogP contribution in [-0.4, -0.2) is 25.3 Å². The number of halogens is 3. The predicted octanol–water partition coefficient (Wildman–Crippen LogP) is 2.81. The fourth-order valence-electron chi connectivity index (χ4n) is 1.93. The van der Waals surface area contributed by atoms with Gasteiger partial charge >= 0.3 is 6.18 Å². The van der Waals surface area contributed by atoms with E-state index in [0.29, 0.717) is 0 Å². The molecule has 5 nitrogen and oxygen atoms in total. The molecule has 0 aliphatic rings. The second-order valence-corrected chi connectivity index (χ2v) is 4.22. The van der Waals surface area contributed by atoms with E-state index in [1.807, 2.05) is 0 Å². The van der Waals surface area contributed by atoms with E-state index in [-0.39, 0.29) is 28.0 Å². The monoisotopic (exact) mass is 292 g/mol. The highest BCUT2D eigenvalue weighted by Gasteiger charge is 2.34. The average molecular weight is 292 g/mol. The van der Waals surface area contributed by atoms with Crippen LogP contribution in [0, 0.1) is 0 Å². The standard InChI is InChI=1S/C13H7F3N4O/c14-13(15,16)8-2-1-3-17-11(8)7-4-9-12(18-5-7)10(21)6-19-20-9/h1-6H,(H,20,21). The van der Waals surface area contributed by atoms with Gasteiger partial charge in [0.1, 0.15) is 11.0 Å². The van der Waals surface area contributed by atoms with Gasteiger partial charge in [-0.2, -0.15) is 18.3 Å². The molecule has 3 aromatic rings. The number of pyridine rings is 2. The van der Waals surface area contributed by atoms with Crippen LogP contribution in [0.2, 0.25) is 0 Å². The summed E-state index contributed by atoms with van der Waals surface area (Å²) in [6.07, 6.45) is -0.940. The molecule has 0 saturated heterocycles. The van der Waals surface area contributed by atoms with Crippen LogP contribution >= 0.6 is 0 Å². The molecule has 0 unspecified atom stereocenters. The summed E-state index contributed by atoms with van der Waals surface area (Å²) in [5, 5.41) is 16.8. The molecule has 21 heavy (non-hydrogen) atoms. The van der Waals surface area contributed by atoms with Gasteiger partial charge in [-0.25, -0.2) is 4.98 Å². The first-order chi connectivity index (χ1) is 9.97. The van der Waals surface area contributed by atoms with E-state index < -0.39 is 11.7 Å². The van der Waals surface area contributed by atoms with E-state index in [1.54, 1.807) is 0 Å². The molecule has 106 valence electrons. The van der Waals surface area contributed by atoms with Crippen LogP contribution in [0.25, 0.3) is 22.3 Å². The molecule has 0 spiro atoms. The maximum absolute atomic E-state index is 13.0. The number of aromatic nitrogens is 4. The van der Waals surface area contributed by atoms with Crippen LogP contribution in [0.3, 0.4) is 0 Å². The number of alkyl halides is 3. The lowest BCUT2D eigenvalue weighted by Gasteiger charge is -2.11. The molecule has 0 aliphatic carbocycles. The molecule has 3 aromatic heterocycles. The highest BCUT2D eigenvalue weighted by molar-refractivity contribution is 5.83. The molecule has 0 aromatic carbocycles. The van der Waals surface area contributed by atoms with Crippen molar-refractivity contribution in [1.29, 1.82) is 0 Å². The zero-order chi connectivity index (χ0) is 15.0. The van der Waals surface area contributed by atoms with Crippen molar-refractivity contribution in [1.82, 2.24) is 20.2 Å². The largest absolute Gasteiger partial charge is 0.504 e. The van der Waals surface area contributed by atoms with E-state index in [4.69, 9.17) is 0 Å². The van der Waals surface area contributed by atoms with Crippen LogP contribution in [0.1, 0.15) is 5.56 Å². The minimum atomic E-state index is -4.52. The van der Waals surface area contributed by atoms with Gasteiger partial charge in [0.25, 0.3) is 0 Å². The molecule has 0 saturated carbocycles. The van der Waals surface area contributed by atoms with Gasteiger partial charge in [-0.15, -0.1) is 5.10 Å². The molecule has 3 heterocycles. The Morgan fingerprint density at radius 2 is 1.90 bits per heavy atom. The lowest BCUT2D eigenvalue weighted by molar-refractivity contribution is -0.137. The first-order valence-corrected chi connectivity index (χ1v) is 5.80. The fraction of sp³-hybridized carbons (Fsp3) is 0.0769. The Morgan fingerprint density at radius 3 is 2.67 bits per heavy atom. The van der Waals surface area contributed by atoms with E-state index in [9.17, 15) is 18.3 Å². The molecule has 0 fully saturated rings. The third-order valence-electron chi connectivity index (χ3n) is 2.84. The highest BCUT2D eigenvalue weighted by Crippen LogP contribution is 2.36. The maximum Gasteiger partial charge on any atom is 0.418 e. The zero-order valence-electron chi connectivity index (χ0n) is 10.3. The number of aromatic hydroxyl groups is 1. The number of rotatable bonds is 1. The number of fused-ring (bicyclic) bond motifs is 1. The minimum absolute atomic E-state index is 0.148. The minimum Gasteiger partial charge on any atom is -0.504 e. The SMILES string of the molecule is Oc1cnnc2cc(-c3ncccc3C(F)(F)F)cnc12. The third kappa shape index (κ3) is 2.35. The van der Waals surface area contributed by atoms with Crippen LogP contribution < -0.4 is 0 Å². The average Bonchev–Trinajstić information content (AvgIpc) is 2.46. The van der Waals surface area contributed by atoms with Crippen LogP contribution in [0.15, 0.2) is 36.8 Å². The van der Waals surface area contributed by atoms with E-state index in [0.717, 1.165) is 12.3 Å². The fourth-order valence-corrected chi connectivity index (χ4v) is 1.93. The molecule has 0 atom stereocenters. The molecule has 3 rings (SSSR count). The highest BCUT2D eigenvalue weighted by atomic mass is 19.4. The summed E-state index contributed by atoms with van der Waals surface area (Å²) >= 11 is 0. The second-order valence-electron chi connectivity index (χ2n) is 4.22. The lowest BCUT2D eigenvalue weighted by Crippen LogP contribution is -2.08. The molecular formula is C13H7F3N4O. The number of hydrogen-bond donors (Lipinski definition) is 1. The van der Waals surface area contributed by atoms with Crippen molar-refractivity contribution in [3.63, 3.8) is 0 Å². The van der Waals surface area contributed by atoms with Crippen molar-refractivity contribution in [2.45, 2.75) is 6.18 Å². The lowest BCUT2D eigenvalue weighted by atomic mass is 10.1. The number of nitrogens with zero attached hydrogens (tertiary/aromatic N) is 4. The number of hydrogen-bond acceptors (Lipinski definition) is 5. The van der Waals surface area contributed by atoms with E-state index >= 15 is 0 Å². The van der Waals surface area contributed by atoms with Gasteiger partial charge in [0.2, 0.25) is 0 Å². The third-order valence-corrected chi connectivity index (χ3v) is 2.84. The molecular weight excluding hydrogens is 285 g/mol. The van der Waals surface area contributed by atoms with Gasteiger partial charge in [-0.1, -0.05) is 0 Å². The molecule has 0 radical (unpaired) electrons. The Bertz CT molecular complexity index is 820. The normalized spacial score (nSPS) is 11.8. The van der Waals surface area contributed by atoms with Gasteiger partial charge in [0, 0.05) is 18.0 Å². The Kier molecular flexibility index (Phi) is 2.93. The summed E-state index contributed by atoms with van der Waals surface area (Å²) in [4.78, 5) is 7.69. The summed E-state index contributed by atoms with van der Waals surface area (Å²) < 4.78 is 39.0. The summed E-state index contributed by atoms with van der Waals surface area (Å²) in [6.45, 7) is 0. The maximum atomic E-state index is 13.0. The summed E-state index contributed by atoms with van der Waals surface area (Å²) in [6, 6.07) is 3.51. The zero-order valence-corrected chi connectivity index (χ0v) is 10.3. The van der Waals surface area contributed by atoms with E-state index in [2.05, 4.69) is 20.2 Å². The van der Waals surface area contributed by atoms with Crippen molar-refractivity contribution in [2.24, 2.45) is 0 Å². The Morgan fingerprint density at radius 1 is 1.10 bits per heavy atom. The second kappa shape index (κ2) is 4.65. The first-order valence-electron chi connectivity index (χ1n) is 5.80. The van der Waals surface area contributed by atoms with Crippen LogP contribution in [0.4, 0.5) is 13.2 Å². The van der Waals surface area contributed by atoms with Crippen molar-refractivity contribution in [2.75, 3.05) is 0 Å². The quantitative estimate of drug-likeness (QED) is 0.746. The van der Waals surface area contributed by atoms with Gasteiger partial charge in [-0.3, -0.25) is 4.98 Å². The van der Waals surface area contributed by atoms with Crippen LogP contribution in [-0.2, 0) is 6.18 Å². The molecule has 8 heteroatoms. The summed E-state index contributed by atoms with van der Waals surface area (Å²) in [7, 11) is 0. The molecule has 1 N–H and O–H groups in total. The Balaban J connectivity index is 2.22. The van der Waals surface area contributed by atoms with Gasteiger partial charge in [0.15, 0.2) is 5.75 Å². The molecule has 0 aliphatic heterocycles.